The first-order valence-corrected chi connectivity index (χ1v) is 5.64. The molecule has 17 heavy (non-hydrogen) atoms. The van der Waals surface area contributed by atoms with E-state index in [1.165, 1.54) is 6.92 Å². The number of halogens is 1. The maximum absolute atomic E-state index is 11.0. The van der Waals surface area contributed by atoms with Crippen molar-refractivity contribution in [1.29, 1.82) is 0 Å². The number of phenols is 1. The van der Waals surface area contributed by atoms with E-state index in [0.717, 1.165) is 0 Å². The zero-order chi connectivity index (χ0) is 13.2. The van der Waals surface area contributed by atoms with Gasteiger partial charge in [-0.05, 0) is 33.2 Å². The Labute approximate surface area is 104 Å². The third kappa shape index (κ3) is 2.50. The average Bonchev–Trinajstić information content (AvgIpc) is 2.26. The molecule has 94 valence electrons. The first-order chi connectivity index (χ1) is 7.91. The van der Waals surface area contributed by atoms with Crippen LogP contribution in [-0.4, -0.2) is 16.6 Å². The summed E-state index contributed by atoms with van der Waals surface area (Å²) < 4.78 is 0. The Kier molecular flexibility index (Phi) is 4.31. The van der Waals surface area contributed by atoms with Crippen LogP contribution in [0.3, 0.4) is 0 Å². The van der Waals surface area contributed by atoms with Gasteiger partial charge in [0.05, 0.1) is 9.95 Å². The van der Waals surface area contributed by atoms with Crippen LogP contribution < -0.4 is 5.73 Å². The minimum Gasteiger partial charge on any atom is -0.506 e. The van der Waals surface area contributed by atoms with E-state index in [-0.39, 0.29) is 16.5 Å². The van der Waals surface area contributed by atoms with Gasteiger partial charge < -0.3 is 10.8 Å². The Morgan fingerprint density at radius 1 is 1.41 bits per heavy atom. The summed E-state index contributed by atoms with van der Waals surface area (Å²) in [6.07, 6.45) is 1.12. The Bertz CT molecular complexity index is 461. The molecule has 6 heteroatoms. The molecule has 0 bridgehead atoms. The lowest BCUT2D eigenvalue weighted by molar-refractivity contribution is -0.386. The van der Waals surface area contributed by atoms with Gasteiger partial charge in [0.15, 0.2) is 0 Å². The molecule has 0 radical (unpaired) electrons. The summed E-state index contributed by atoms with van der Waals surface area (Å²) in [5.41, 5.74) is 6.63. The van der Waals surface area contributed by atoms with E-state index in [1.54, 1.807) is 6.92 Å². The summed E-state index contributed by atoms with van der Waals surface area (Å²) in [5.74, 6) is -0.0688. The Morgan fingerprint density at radius 3 is 2.47 bits per heavy atom. The van der Waals surface area contributed by atoms with Crippen LogP contribution in [0.25, 0.3) is 0 Å². The number of nitrogens with zero attached hydrogens (tertiary/aromatic N) is 1. The largest absolute Gasteiger partial charge is 0.506 e. The number of hydrogen-bond donors (Lipinski definition) is 2. The quantitative estimate of drug-likeness (QED) is 0.641. The topological polar surface area (TPSA) is 89.4 Å². The number of aromatic hydroxyl groups is 1. The molecule has 0 amide bonds. The highest BCUT2D eigenvalue weighted by Crippen LogP contribution is 2.40. The first kappa shape index (κ1) is 13.7. The number of phenolic OH excluding ortho intramolecular Hbond substituents is 1. The lowest BCUT2D eigenvalue weighted by Gasteiger charge is -2.12. The molecule has 0 fully saturated rings. The molecule has 0 heterocycles. The third-order valence-corrected chi connectivity index (χ3v) is 3.26. The number of nitro groups is 1. The highest BCUT2D eigenvalue weighted by Gasteiger charge is 2.24. The lowest BCUT2D eigenvalue weighted by Crippen LogP contribution is -2.05. The summed E-state index contributed by atoms with van der Waals surface area (Å²) in [7, 11) is 0. The van der Waals surface area contributed by atoms with Gasteiger partial charge >= 0.3 is 0 Å². The third-order valence-electron chi connectivity index (χ3n) is 2.80. The van der Waals surface area contributed by atoms with Crippen LogP contribution in [0, 0.1) is 24.0 Å². The van der Waals surface area contributed by atoms with Crippen LogP contribution in [0.15, 0.2) is 0 Å². The summed E-state index contributed by atoms with van der Waals surface area (Å²) in [4.78, 5) is 10.5. The normalized spacial score (nSPS) is 10.6. The predicted molar refractivity (Wildman–Crippen MR) is 66.6 cm³/mol. The lowest BCUT2D eigenvalue weighted by atomic mass is 9.97. The number of rotatable bonds is 4. The van der Waals surface area contributed by atoms with Crippen LogP contribution in [0.2, 0.25) is 5.02 Å². The van der Waals surface area contributed by atoms with Crippen LogP contribution in [0.5, 0.6) is 5.75 Å². The minimum absolute atomic E-state index is 0.0279. The zero-order valence-electron chi connectivity index (χ0n) is 9.79. The molecule has 1 rings (SSSR count). The molecular formula is C11H15ClN2O3. The van der Waals surface area contributed by atoms with E-state index in [4.69, 9.17) is 17.3 Å². The Hall–Kier alpha value is -1.33. The van der Waals surface area contributed by atoms with Gasteiger partial charge in [0.25, 0.3) is 5.69 Å². The van der Waals surface area contributed by atoms with Crippen molar-refractivity contribution in [3.05, 3.63) is 31.8 Å². The van der Waals surface area contributed by atoms with Gasteiger partial charge in [0, 0.05) is 16.7 Å². The van der Waals surface area contributed by atoms with Gasteiger partial charge in [-0.15, -0.1) is 0 Å². The van der Waals surface area contributed by atoms with Gasteiger partial charge in [0.2, 0.25) is 0 Å². The second-order valence-corrected chi connectivity index (χ2v) is 4.27. The maximum Gasteiger partial charge on any atom is 0.277 e. The predicted octanol–water partition coefficient (Wildman–Crippen LogP) is 2.46. The molecule has 1 aromatic carbocycles. The summed E-state index contributed by atoms with van der Waals surface area (Å²) >= 11 is 5.90. The van der Waals surface area contributed by atoms with Gasteiger partial charge in [-0.1, -0.05) is 11.6 Å². The Morgan fingerprint density at radius 2 is 2.00 bits per heavy atom. The second-order valence-electron chi connectivity index (χ2n) is 3.89. The highest BCUT2D eigenvalue weighted by atomic mass is 35.5. The van der Waals surface area contributed by atoms with Gasteiger partial charge in [-0.3, -0.25) is 10.1 Å². The standard InChI is InChI=1S/C11H15ClN2O3/c1-6-8(4-3-5-13)11(15)9(12)7(2)10(6)14(16)17/h15H,3-5,13H2,1-2H3. The molecular weight excluding hydrogens is 244 g/mol. The highest BCUT2D eigenvalue weighted by molar-refractivity contribution is 6.33. The number of hydrogen-bond acceptors (Lipinski definition) is 4. The van der Waals surface area contributed by atoms with Crippen molar-refractivity contribution in [2.45, 2.75) is 26.7 Å². The first-order valence-electron chi connectivity index (χ1n) is 5.26. The molecule has 0 aromatic heterocycles. The van der Waals surface area contributed by atoms with E-state index >= 15 is 0 Å². The van der Waals surface area contributed by atoms with Crippen molar-refractivity contribution in [2.75, 3.05) is 6.54 Å². The molecule has 0 saturated carbocycles. The molecule has 0 aliphatic heterocycles. The van der Waals surface area contributed by atoms with Crippen LogP contribution in [-0.2, 0) is 6.42 Å². The fraction of sp³-hybridized carbons (Fsp3) is 0.455. The molecule has 0 aliphatic rings. The van der Waals surface area contributed by atoms with Crippen LogP contribution in [0.4, 0.5) is 5.69 Å². The Balaban J connectivity index is 3.44. The van der Waals surface area contributed by atoms with Crippen molar-refractivity contribution in [2.24, 2.45) is 5.73 Å². The molecule has 0 spiro atoms. The smallest absolute Gasteiger partial charge is 0.277 e. The monoisotopic (exact) mass is 258 g/mol. The van der Waals surface area contributed by atoms with Crippen LogP contribution >= 0.6 is 11.6 Å². The number of nitro benzene ring substituents is 1. The SMILES string of the molecule is Cc1c(Cl)c(O)c(CCCN)c(C)c1[N+](=O)[O-]. The minimum atomic E-state index is -0.470. The molecule has 0 atom stereocenters. The van der Waals surface area contributed by atoms with E-state index in [9.17, 15) is 15.2 Å². The summed E-state index contributed by atoms with van der Waals surface area (Å²) in [6, 6.07) is 0. The van der Waals surface area contributed by atoms with E-state index in [0.29, 0.717) is 36.1 Å². The van der Waals surface area contributed by atoms with E-state index in [2.05, 4.69) is 0 Å². The molecule has 5 nitrogen and oxygen atoms in total. The molecule has 0 aliphatic carbocycles. The maximum atomic E-state index is 11.0. The molecule has 0 saturated heterocycles. The fourth-order valence-corrected chi connectivity index (χ4v) is 2.08. The van der Waals surface area contributed by atoms with Crippen molar-refractivity contribution in [3.63, 3.8) is 0 Å². The summed E-state index contributed by atoms with van der Waals surface area (Å²) in [5, 5.41) is 20.9. The number of benzene rings is 1. The fourth-order valence-electron chi connectivity index (χ4n) is 1.87. The van der Waals surface area contributed by atoms with Crippen molar-refractivity contribution in [1.82, 2.24) is 0 Å². The second kappa shape index (κ2) is 5.33. The van der Waals surface area contributed by atoms with Gasteiger partial charge in [-0.25, -0.2) is 0 Å². The van der Waals surface area contributed by atoms with Crippen molar-refractivity contribution in [3.8, 4) is 5.75 Å². The summed E-state index contributed by atoms with van der Waals surface area (Å²) in [6.45, 7) is 3.60. The molecule has 1 aromatic rings. The number of nitrogens with two attached hydrogens (primary N) is 1. The molecule has 3 N–H and O–H groups in total. The van der Waals surface area contributed by atoms with Crippen molar-refractivity contribution < 1.29 is 10.0 Å². The molecule has 0 unspecified atom stereocenters. The zero-order valence-corrected chi connectivity index (χ0v) is 10.5. The average molecular weight is 259 g/mol. The van der Waals surface area contributed by atoms with Gasteiger partial charge in [0.1, 0.15) is 5.75 Å². The van der Waals surface area contributed by atoms with Crippen molar-refractivity contribution >= 4 is 17.3 Å². The van der Waals surface area contributed by atoms with Gasteiger partial charge in [-0.2, -0.15) is 0 Å². The van der Waals surface area contributed by atoms with E-state index < -0.39 is 4.92 Å². The van der Waals surface area contributed by atoms with Crippen LogP contribution in [0.1, 0.15) is 23.1 Å². The van der Waals surface area contributed by atoms with E-state index in [1.807, 2.05) is 0 Å².